The van der Waals surface area contributed by atoms with Crippen LogP contribution in [0.25, 0.3) is 0 Å². The highest BCUT2D eigenvalue weighted by molar-refractivity contribution is 9.10. The van der Waals surface area contributed by atoms with Gasteiger partial charge in [-0.1, -0.05) is 19.1 Å². The fourth-order valence-corrected chi connectivity index (χ4v) is 3.66. The van der Waals surface area contributed by atoms with E-state index in [1.54, 1.807) is 0 Å². The van der Waals surface area contributed by atoms with E-state index < -0.39 is 0 Å². The Labute approximate surface area is 105 Å². The van der Waals surface area contributed by atoms with Gasteiger partial charge in [0.1, 0.15) is 0 Å². The lowest BCUT2D eigenvalue weighted by Gasteiger charge is -2.34. The van der Waals surface area contributed by atoms with Crippen molar-refractivity contribution in [2.24, 2.45) is 0 Å². The predicted octanol–water partition coefficient (Wildman–Crippen LogP) is 3.10. The van der Waals surface area contributed by atoms with Gasteiger partial charge in [0, 0.05) is 22.5 Å². The van der Waals surface area contributed by atoms with Crippen molar-refractivity contribution in [2.45, 2.75) is 37.8 Å². The standard InChI is InChI=1S/C13H17BrN2/c1-2-10-12-8-4-3-5-9(14)13(8)16-11(12)6-7-15-10/h3-5,10-12,15-16H,2,6-7H2,1H3/t10?,11-,12+/m0/s1. The van der Waals surface area contributed by atoms with Gasteiger partial charge < -0.3 is 10.6 Å². The molecule has 1 saturated heterocycles. The summed E-state index contributed by atoms with van der Waals surface area (Å²) in [4.78, 5) is 0. The molecule has 16 heavy (non-hydrogen) atoms. The number of rotatable bonds is 1. The van der Waals surface area contributed by atoms with E-state index >= 15 is 0 Å². The van der Waals surface area contributed by atoms with Crippen LogP contribution in [-0.2, 0) is 0 Å². The summed E-state index contributed by atoms with van der Waals surface area (Å²) in [5.74, 6) is 0.645. The average Bonchev–Trinajstić information content (AvgIpc) is 2.69. The van der Waals surface area contributed by atoms with Crippen molar-refractivity contribution in [3.05, 3.63) is 28.2 Å². The van der Waals surface area contributed by atoms with E-state index in [0.717, 1.165) is 6.54 Å². The Kier molecular flexibility index (Phi) is 2.68. The summed E-state index contributed by atoms with van der Waals surface area (Å²) < 4.78 is 1.20. The molecular weight excluding hydrogens is 264 g/mol. The maximum absolute atomic E-state index is 3.68. The van der Waals surface area contributed by atoms with E-state index in [4.69, 9.17) is 0 Å². The Hall–Kier alpha value is -0.540. The second-order valence-electron chi connectivity index (χ2n) is 4.74. The Morgan fingerprint density at radius 2 is 2.31 bits per heavy atom. The maximum atomic E-state index is 3.68. The molecule has 3 heteroatoms. The third-order valence-corrected chi connectivity index (χ3v) is 4.56. The molecule has 2 heterocycles. The first-order valence-corrected chi connectivity index (χ1v) is 6.89. The van der Waals surface area contributed by atoms with Crippen molar-refractivity contribution in [2.75, 3.05) is 11.9 Å². The monoisotopic (exact) mass is 280 g/mol. The molecule has 1 unspecified atom stereocenters. The van der Waals surface area contributed by atoms with Gasteiger partial charge in [0.05, 0.1) is 5.69 Å². The van der Waals surface area contributed by atoms with E-state index in [1.165, 1.54) is 28.6 Å². The van der Waals surface area contributed by atoms with Crippen LogP contribution in [0.1, 0.15) is 31.2 Å². The molecule has 0 radical (unpaired) electrons. The summed E-state index contributed by atoms with van der Waals surface area (Å²) in [6, 6.07) is 7.79. The Morgan fingerprint density at radius 3 is 3.12 bits per heavy atom. The van der Waals surface area contributed by atoms with Crippen LogP contribution in [0.3, 0.4) is 0 Å². The molecule has 0 saturated carbocycles. The molecule has 0 aromatic heterocycles. The third kappa shape index (κ3) is 1.49. The molecule has 1 aromatic rings. The third-order valence-electron chi connectivity index (χ3n) is 3.90. The molecule has 0 amide bonds. The van der Waals surface area contributed by atoms with Crippen LogP contribution in [0.5, 0.6) is 0 Å². The zero-order valence-electron chi connectivity index (χ0n) is 9.46. The van der Waals surface area contributed by atoms with Crippen molar-refractivity contribution in [1.29, 1.82) is 0 Å². The Bertz CT molecular complexity index is 405. The SMILES string of the molecule is CCC1NCC[C@@H]2Nc3c(Br)cccc3[C@H]12. The lowest BCUT2D eigenvalue weighted by molar-refractivity contribution is 0.331. The molecule has 3 rings (SSSR count). The van der Waals surface area contributed by atoms with Crippen molar-refractivity contribution in [3.8, 4) is 0 Å². The quantitative estimate of drug-likeness (QED) is 0.826. The number of nitrogens with one attached hydrogen (secondary N) is 2. The first kappa shape index (κ1) is 10.6. The highest BCUT2D eigenvalue weighted by atomic mass is 79.9. The molecule has 86 valence electrons. The van der Waals surface area contributed by atoms with E-state index in [9.17, 15) is 0 Å². The Balaban J connectivity index is 2.03. The number of halogens is 1. The van der Waals surface area contributed by atoms with Gasteiger partial charge in [0.2, 0.25) is 0 Å². The van der Waals surface area contributed by atoms with Gasteiger partial charge in [0.15, 0.2) is 0 Å². The highest BCUT2D eigenvalue weighted by Crippen LogP contribution is 2.44. The fourth-order valence-electron chi connectivity index (χ4n) is 3.16. The van der Waals surface area contributed by atoms with Crippen molar-refractivity contribution >= 4 is 21.6 Å². The molecule has 1 aromatic carbocycles. The van der Waals surface area contributed by atoms with Crippen molar-refractivity contribution in [3.63, 3.8) is 0 Å². The van der Waals surface area contributed by atoms with Gasteiger partial charge in [0.25, 0.3) is 0 Å². The van der Waals surface area contributed by atoms with Gasteiger partial charge in [-0.3, -0.25) is 0 Å². The van der Waals surface area contributed by atoms with Crippen LogP contribution in [0.4, 0.5) is 5.69 Å². The maximum Gasteiger partial charge on any atom is 0.0523 e. The number of benzene rings is 1. The second-order valence-corrected chi connectivity index (χ2v) is 5.59. The van der Waals surface area contributed by atoms with Gasteiger partial charge in [-0.15, -0.1) is 0 Å². The lowest BCUT2D eigenvalue weighted by atomic mass is 9.82. The number of anilines is 1. The molecule has 0 aliphatic carbocycles. The molecule has 0 bridgehead atoms. The van der Waals surface area contributed by atoms with E-state index in [2.05, 4.69) is 51.7 Å². The zero-order valence-corrected chi connectivity index (χ0v) is 11.0. The largest absolute Gasteiger partial charge is 0.380 e. The molecule has 3 atom stereocenters. The van der Waals surface area contributed by atoms with Crippen molar-refractivity contribution in [1.82, 2.24) is 5.32 Å². The van der Waals surface area contributed by atoms with Gasteiger partial charge >= 0.3 is 0 Å². The molecule has 2 aliphatic heterocycles. The van der Waals surface area contributed by atoms with E-state index in [1.807, 2.05) is 0 Å². The second kappa shape index (κ2) is 4.04. The number of hydrogen-bond acceptors (Lipinski definition) is 2. The van der Waals surface area contributed by atoms with Crippen LogP contribution in [-0.4, -0.2) is 18.6 Å². The van der Waals surface area contributed by atoms with Crippen LogP contribution in [0, 0.1) is 0 Å². The lowest BCUT2D eigenvalue weighted by Crippen LogP contribution is -2.46. The van der Waals surface area contributed by atoms with Crippen LogP contribution in [0.2, 0.25) is 0 Å². The summed E-state index contributed by atoms with van der Waals surface area (Å²) in [6.45, 7) is 3.41. The first-order chi connectivity index (χ1) is 7.81. The zero-order chi connectivity index (χ0) is 11.1. The topological polar surface area (TPSA) is 24.1 Å². The summed E-state index contributed by atoms with van der Waals surface area (Å²) in [6.07, 6.45) is 2.43. The number of para-hydroxylation sites is 1. The van der Waals surface area contributed by atoms with Gasteiger partial charge in [-0.25, -0.2) is 0 Å². The van der Waals surface area contributed by atoms with Gasteiger partial charge in [-0.05, 0) is 46.9 Å². The number of piperidine rings is 1. The minimum absolute atomic E-state index is 0.625. The normalized spacial score (nSPS) is 31.8. The molecular formula is C13H17BrN2. The minimum Gasteiger partial charge on any atom is -0.380 e. The average molecular weight is 281 g/mol. The van der Waals surface area contributed by atoms with Crippen LogP contribution >= 0.6 is 15.9 Å². The smallest absolute Gasteiger partial charge is 0.0523 e. The van der Waals surface area contributed by atoms with Gasteiger partial charge in [-0.2, -0.15) is 0 Å². The number of fused-ring (bicyclic) bond motifs is 3. The highest BCUT2D eigenvalue weighted by Gasteiger charge is 2.39. The number of hydrogen-bond donors (Lipinski definition) is 2. The molecule has 2 aliphatic rings. The van der Waals surface area contributed by atoms with E-state index in [-0.39, 0.29) is 0 Å². The molecule has 1 fully saturated rings. The minimum atomic E-state index is 0.625. The first-order valence-electron chi connectivity index (χ1n) is 6.09. The molecule has 2 nitrogen and oxygen atoms in total. The summed E-state index contributed by atoms with van der Waals surface area (Å²) in [5.41, 5.74) is 2.80. The Morgan fingerprint density at radius 1 is 1.44 bits per heavy atom. The summed E-state index contributed by atoms with van der Waals surface area (Å²) >= 11 is 3.64. The van der Waals surface area contributed by atoms with Crippen molar-refractivity contribution < 1.29 is 0 Å². The fraction of sp³-hybridized carbons (Fsp3) is 0.538. The molecule has 0 spiro atoms. The molecule has 2 N–H and O–H groups in total. The van der Waals surface area contributed by atoms with Crippen LogP contribution < -0.4 is 10.6 Å². The summed E-state index contributed by atoms with van der Waals surface area (Å²) in [7, 11) is 0. The summed E-state index contributed by atoms with van der Waals surface area (Å²) in [5, 5.41) is 7.33. The predicted molar refractivity (Wildman–Crippen MR) is 71.0 cm³/mol. The van der Waals surface area contributed by atoms with E-state index in [0.29, 0.717) is 18.0 Å². The van der Waals surface area contributed by atoms with Crippen LogP contribution in [0.15, 0.2) is 22.7 Å².